The lowest BCUT2D eigenvalue weighted by Crippen LogP contribution is -2.49. The summed E-state index contributed by atoms with van der Waals surface area (Å²) in [6.45, 7) is 2.49. The smallest absolute Gasteiger partial charge is 0.351 e. The van der Waals surface area contributed by atoms with Crippen molar-refractivity contribution in [1.82, 2.24) is 10.3 Å². The van der Waals surface area contributed by atoms with Crippen LogP contribution in [0.3, 0.4) is 0 Å². The van der Waals surface area contributed by atoms with Crippen molar-refractivity contribution >= 4 is 5.82 Å². The number of aromatic nitrogens is 1. The van der Waals surface area contributed by atoms with Crippen molar-refractivity contribution in [3.05, 3.63) is 23.4 Å². The number of hydrogen-bond acceptors (Lipinski definition) is 3. The zero-order valence-corrected chi connectivity index (χ0v) is 9.09. The van der Waals surface area contributed by atoms with Gasteiger partial charge in [0, 0.05) is 31.9 Å². The van der Waals surface area contributed by atoms with Gasteiger partial charge in [0.05, 0.1) is 5.56 Å². The molecule has 17 heavy (non-hydrogen) atoms. The lowest BCUT2D eigenvalue weighted by atomic mass is 10.1. The van der Waals surface area contributed by atoms with E-state index in [1.54, 1.807) is 0 Å². The summed E-state index contributed by atoms with van der Waals surface area (Å²) in [6, 6.07) is 1.50. The Hall–Kier alpha value is -1.30. The van der Waals surface area contributed by atoms with Crippen LogP contribution in [0.5, 0.6) is 0 Å². The standard InChI is InChI=1S/C11H12F3N3/c12-11(13,14)8-3-7-4-9-6-15-1-2-17(9)10(7)16-5-8/h3,5,9,15H,1-2,4,6H2/t9-/m1/s1. The third-order valence-corrected chi connectivity index (χ3v) is 3.35. The second-order valence-corrected chi connectivity index (χ2v) is 4.46. The van der Waals surface area contributed by atoms with Gasteiger partial charge in [-0.25, -0.2) is 4.98 Å². The minimum atomic E-state index is -4.30. The van der Waals surface area contributed by atoms with Crippen molar-refractivity contribution in [2.45, 2.75) is 18.6 Å². The molecule has 3 nitrogen and oxygen atoms in total. The molecule has 0 aliphatic carbocycles. The number of anilines is 1. The largest absolute Gasteiger partial charge is 0.417 e. The van der Waals surface area contributed by atoms with E-state index < -0.39 is 11.7 Å². The summed E-state index contributed by atoms with van der Waals surface area (Å²) in [5.41, 5.74) is 0.0672. The number of nitrogens with one attached hydrogen (secondary N) is 1. The second-order valence-electron chi connectivity index (χ2n) is 4.46. The number of halogens is 3. The molecule has 3 rings (SSSR count). The molecule has 92 valence electrons. The van der Waals surface area contributed by atoms with Crippen LogP contribution in [0.15, 0.2) is 12.3 Å². The minimum absolute atomic E-state index is 0.259. The van der Waals surface area contributed by atoms with E-state index >= 15 is 0 Å². The van der Waals surface area contributed by atoms with Crippen LogP contribution in [0.4, 0.5) is 19.0 Å². The monoisotopic (exact) mass is 243 g/mol. The van der Waals surface area contributed by atoms with Crippen molar-refractivity contribution in [2.75, 3.05) is 24.5 Å². The normalized spacial score (nSPS) is 23.5. The fourth-order valence-electron chi connectivity index (χ4n) is 2.54. The molecule has 6 heteroatoms. The highest BCUT2D eigenvalue weighted by molar-refractivity contribution is 5.55. The first kappa shape index (κ1) is 10.8. The van der Waals surface area contributed by atoms with Gasteiger partial charge in [-0.2, -0.15) is 13.2 Å². The summed E-state index contributed by atoms with van der Waals surface area (Å²) in [5.74, 6) is 0.726. The highest BCUT2D eigenvalue weighted by atomic mass is 19.4. The van der Waals surface area contributed by atoms with Crippen LogP contribution in [0.2, 0.25) is 0 Å². The van der Waals surface area contributed by atoms with E-state index in [0.29, 0.717) is 12.0 Å². The molecule has 3 heterocycles. The molecule has 0 aromatic carbocycles. The van der Waals surface area contributed by atoms with Gasteiger partial charge in [0.15, 0.2) is 0 Å². The SMILES string of the molecule is FC(F)(F)c1cnc2c(c1)C[C@@H]1CNCCN21. The molecule has 1 fully saturated rings. The fraction of sp³-hybridized carbons (Fsp3) is 0.545. The fourth-order valence-corrected chi connectivity index (χ4v) is 2.54. The van der Waals surface area contributed by atoms with Gasteiger partial charge >= 0.3 is 6.18 Å². The zero-order valence-electron chi connectivity index (χ0n) is 9.09. The molecule has 0 spiro atoms. The first-order valence-corrected chi connectivity index (χ1v) is 5.59. The van der Waals surface area contributed by atoms with E-state index in [2.05, 4.69) is 15.2 Å². The minimum Gasteiger partial charge on any atom is -0.351 e. The summed E-state index contributed by atoms with van der Waals surface area (Å²) < 4.78 is 37.7. The van der Waals surface area contributed by atoms with Crippen LogP contribution >= 0.6 is 0 Å². The van der Waals surface area contributed by atoms with Crippen LogP contribution < -0.4 is 10.2 Å². The highest BCUT2D eigenvalue weighted by Gasteiger charge is 2.36. The number of fused-ring (bicyclic) bond motifs is 3. The summed E-state index contributed by atoms with van der Waals surface area (Å²) >= 11 is 0. The van der Waals surface area contributed by atoms with Gasteiger partial charge in [-0.15, -0.1) is 0 Å². The number of piperazine rings is 1. The molecule has 0 bridgehead atoms. The Bertz CT molecular complexity index is 444. The third kappa shape index (κ3) is 1.76. The number of rotatable bonds is 0. The summed E-state index contributed by atoms with van der Waals surface area (Å²) in [4.78, 5) is 6.09. The van der Waals surface area contributed by atoms with E-state index in [4.69, 9.17) is 0 Å². The number of hydrogen-bond donors (Lipinski definition) is 1. The average Bonchev–Trinajstić information content (AvgIpc) is 2.65. The molecule has 2 aliphatic heterocycles. The Morgan fingerprint density at radius 1 is 1.41 bits per heavy atom. The van der Waals surface area contributed by atoms with Crippen molar-refractivity contribution < 1.29 is 13.2 Å². The van der Waals surface area contributed by atoms with Gasteiger partial charge in [-0.3, -0.25) is 0 Å². The van der Waals surface area contributed by atoms with Crippen LogP contribution in [0.25, 0.3) is 0 Å². The average molecular weight is 243 g/mol. The van der Waals surface area contributed by atoms with Gasteiger partial charge < -0.3 is 10.2 Å². The van der Waals surface area contributed by atoms with Gasteiger partial charge in [0.25, 0.3) is 0 Å². The molecular formula is C11H12F3N3. The molecule has 1 N–H and O–H groups in total. The second kappa shape index (κ2) is 3.60. The van der Waals surface area contributed by atoms with Crippen molar-refractivity contribution in [2.24, 2.45) is 0 Å². The van der Waals surface area contributed by atoms with Crippen molar-refractivity contribution in [3.8, 4) is 0 Å². The summed E-state index contributed by atoms with van der Waals surface area (Å²) in [7, 11) is 0. The maximum atomic E-state index is 12.6. The first-order chi connectivity index (χ1) is 8.05. The molecule has 1 aromatic heterocycles. The number of pyridine rings is 1. The van der Waals surface area contributed by atoms with E-state index in [9.17, 15) is 13.2 Å². The van der Waals surface area contributed by atoms with Crippen LogP contribution in [-0.2, 0) is 12.6 Å². The number of nitrogens with zero attached hydrogens (tertiary/aromatic N) is 2. The molecule has 1 atom stereocenters. The van der Waals surface area contributed by atoms with E-state index in [1.165, 1.54) is 6.07 Å². The Morgan fingerprint density at radius 3 is 3.00 bits per heavy atom. The van der Waals surface area contributed by atoms with E-state index in [1.807, 2.05) is 0 Å². The maximum absolute atomic E-state index is 12.6. The molecule has 1 aromatic rings. The third-order valence-electron chi connectivity index (χ3n) is 3.35. The van der Waals surface area contributed by atoms with Crippen LogP contribution in [-0.4, -0.2) is 30.7 Å². The van der Waals surface area contributed by atoms with E-state index in [-0.39, 0.29) is 6.04 Å². The predicted octanol–water partition coefficient (Wildman–Crippen LogP) is 1.43. The van der Waals surface area contributed by atoms with Gasteiger partial charge in [0.1, 0.15) is 5.82 Å². The van der Waals surface area contributed by atoms with Crippen LogP contribution in [0, 0.1) is 0 Å². The molecule has 0 unspecified atom stereocenters. The van der Waals surface area contributed by atoms with Crippen molar-refractivity contribution in [1.29, 1.82) is 0 Å². The molecule has 0 amide bonds. The molecule has 2 aliphatic rings. The van der Waals surface area contributed by atoms with Gasteiger partial charge in [-0.05, 0) is 18.1 Å². The lowest BCUT2D eigenvalue weighted by molar-refractivity contribution is -0.137. The first-order valence-electron chi connectivity index (χ1n) is 5.59. The Kier molecular flexibility index (Phi) is 2.29. The Labute approximate surface area is 96.6 Å². The molecular weight excluding hydrogens is 231 g/mol. The topological polar surface area (TPSA) is 28.2 Å². The molecule has 0 saturated carbocycles. The summed E-state index contributed by atoms with van der Waals surface area (Å²) in [5, 5.41) is 3.24. The highest BCUT2D eigenvalue weighted by Crippen LogP contribution is 2.36. The lowest BCUT2D eigenvalue weighted by Gasteiger charge is -2.31. The number of alkyl halides is 3. The van der Waals surface area contributed by atoms with Crippen molar-refractivity contribution in [3.63, 3.8) is 0 Å². The Morgan fingerprint density at radius 2 is 2.24 bits per heavy atom. The molecule has 0 radical (unpaired) electrons. The zero-order chi connectivity index (χ0) is 12.0. The molecule has 1 saturated heterocycles. The van der Waals surface area contributed by atoms with E-state index in [0.717, 1.165) is 31.6 Å². The van der Waals surface area contributed by atoms with Gasteiger partial charge in [-0.1, -0.05) is 0 Å². The van der Waals surface area contributed by atoms with Gasteiger partial charge in [0.2, 0.25) is 0 Å². The summed E-state index contributed by atoms with van der Waals surface area (Å²) in [6.07, 6.45) is -2.72. The Balaban J connectivity index is 1.97. The maximum Gasteiger partial charge on any atom is 0.417 e. The quantitative estimate of drug-likeness (QED) is 0.747. The van der Waals surface area contributed by atoms with Crippen LogP contribution in [0.1, 0.15) is 11.1 Å². The predicted molar refractivity (Wildman–Crippen MR) is 56.9 cm³/mol.